The zero-order valence-corrected chi connectivity index (χ0v) is 7.68. The second-order valence-electron chi connectivity index (χ2n) is 2.70. The lowest BCUT2D eigenvalue weighted by molar-refractivity contribution is 0.336. The molecule has 0 spiro atoms. The largest absolute Gasteiger partial charge is 0.619 e. The van der Waals surface area contributed by atoms with Gasteiger partial charge in [0.1, 0.15) is 6.17 Å². The van der Waals surface area contributed by atoms with Crippen LogP contribution in [0.2, 0.25) is 6.04 Å². The fourth-order valence-corrected chi connectivity index (χ4v) is 1.63. The standard InChI is InChI=1S/C8H8F4Si/c9-8(6-13(10,11)12)7-4-2-1-3-5-7/h1-5,8H,6H2. The van der Waals surface area contributed by atoms with Crippen LogP contribution in [0.4, 0.5) is 16.7 Å². The van der Waals surface area contributed by atoms with Crippen molar-refractivity contribution in [2.75, 3.05) is 0 Å². The Hall–Kier alpha value is -0.843. The van der Waals surface area contributed by atoms with Crippen molar-refractivity contribution in [2.24, 2.45) is 0 Å². The van der Waals surface area contributed by atoms with Crippen LogP contribution in [0.25, 0.3) is 0 Å². The highest BCUT2D eigenvalue weighted by Gasteiger charge is 2.40. The van der Waals surface area contributed by atoms with E-state index in [1.165, 1.54) is 24.3 Å². The average molecular weight is 208 g/mol. The van der Waals surface area contributed by atoms with Crippen LogP contribution in [-0.4, -0.2) is 9.08 Å². The summed E-state index contributed by atoms with van der Waals surface area (Å²) in [5.41, 5.74) is 0.104. The zero-order valence-electron chi connectivity index (χ0n) is 6.68. The first-order valence-electron chi connectivity index (χ1n) is 3.75. The molecule has 0 fully saturated rings. The van der Waals surface area contributed by atoms with Crippen molar-refractivity contribution < 1.29 is 16.7 Å². The summed E-state index contributed by atoms with van der Waals surface area (Å²) in [7, 11) is -5.78. The SMILES string of the molecule is FC(C[Si](F)(F)F)c1ccccc1. The summed E-state index contributed by atoms with van der Waals surface area (Å²) < 4.78 is 48.6. The molecule has 0 N–H and O–H groups in total. The molecule has 1 rings (SSSR count). The topological polar surface area (TPSA) is 0 Å². The smallest absolute Gasteiger partial charge is 0.242 e. The van der Waals surface area contributed by atoms with Crippen molar-refractivity contribution in [3.05, 3.63) is 35.9 Å². The van der Waals surface area contributed by atoms with Crippen LogP contribution < -0.4 is 0 Å². The van der Waals surface area contributed by atoms with Gasteiger partial charge in [-0.2, -0.15) is 0 Å². The predicted molar refractivity (Wildman–Crippen MR) is 44.2 cm³/mol. The number of benzene rings is 1. The maximum atomic E-state index is 12.9. The Morgan fingerprint density at radius 2 is 1.62 bits per heavy atom. The summed E-state index contributed by atoms with van der Waals surface area (Å²) in [6.07, 6.45) is -1.90. The van der Waals surface area contributed by atoms with Gasteiger partial charge in [0.15, 0.2) is 0 Å². The molecule has 0 aliphatic carbocycles. The monoisotopic (exact) mass is 208 g/mol. The number of hydrogen-bond acceptors (Lipinski definition) is 0. The minimum atomic E-state index is -5.78. The Kier molecular flexibility index (Phi) is 3.08. The van der Waals surface area contributed by atoms with Crippen LogP contribution in [0.15, 0.2) is 30.3 Å². The van der Waals surface area contributed by atoms with Gasteiger partial charge in [-0.15, -0.1) is 0 Å². The van der Waals surface area contributed by atoms with Gasteiger partial charge in [-0.25, -0.2) is 16.7 Å². The van der Waals surface area contributed by atoms with Gasteiger partial charge in [-0.1, -0.05) is 30.3 Å². The summed E-state index contributed by atoms with van der Waals surface area (Å²) in [6, 6.07) is 6.15. The van der Waals surface area contributed by atoms with E-state index in [0.717, 1.165) is 0 Å². The third-order valence-electron chi connectivity index (χ3n) is 1.57. The predicted octanol–water partition coefficient (Wildman–Crippen LogP) is 3.54. The Balaban J connectivity index is 2.64. The summed E-state index contributed by atoms with van der Waals surface area (Å²) in [4.78, 5) is 0. The molecule has 0 radical (unpaired) electrons. The summed E-state index contributed by atoms with van der Waals surface area (Å²) in [6.45, 7) is 0. The first kappa shape index (κ1) is 10.2. The normalized spacial score (nSPS) is 14.2. The van der Waals surface area contributed by atoms with Crippen molar-refractivity contribution in [1.29, 1.82) is 0 Å². The molecular weight excluding hydrogens is 200 g/mol. The van der Waals surface area contributed by atoms with Gasteiger partial charge in [0.2, 0.25) is 0 Å². The molecule has 5 heteroatoms. The maximum absolute atomic E-state index is 12.9. The van der Waals surface area contributed by atoms with Crippen molar-refractivity contribution in [1.82, 2.24) is 0 Å². The van der Waals surface area contributed by atoms with E-state index in [0.29, 0.717) is 0 Å². The van der Waals surface area contributed by atoms with E-state index in [9.17, 15) is 16.7 Å². The lowest BCUT2D eigenvalue weighted by Crippen LogP contribution is -2.16. The van der Waals surface area contributed by atoms with Crippen molar-refractivity contribution in [2.45, 2.75) is 12.2 Å². The average Bonchev–Trinajstić information content (AvgIpc) is 2.03. The quantitative estimate of drug-likeness (QED) is 0.405. The molecule has 1 atom stereocenters. The molecular formula is C8H8F4Si. The molecule has 1 aromatic carbocycles. The molecule has 0 aromatic heterocycles. The second kappa shape index (κ2) is 3.91. The van der Waals surface area contributed by atoms with E-state index < -0.39 is 21.3 Å². The Morgan fingerprint density at radius 1 is 1.08 bits per heavy atom. The fourth-order valence-electron chi connectivity index (χ4n) is 0.983. The minimum Gasteiger partial charge on any atom is -0.242 e. The molecule has 0 nitrogen and oxygen atoms in total. The third-order valence-corrected chi connectivity index (χ3v) is 2.39. The highest BCUT2D eigenvalue weighted by Crippen LogP contribution is 2.29. The van der Waals surface area contributed by atoms with E-state index in [4.69, 9.17) is 0 Å². The summed E-state index contributed by atoms with van der Waals surface area (Å²) in [5, 5.41) is 0. The van der Waals surface area contributed by atoms with E-state index in [-0.39, 0.29) is 5.56 Å². The minimum absolute atomic E-state index is 0.104. The molecule has 72 valence electrons. The lowest BCUT2D eigenvalue weighted by Gasteiger charge is -2.08. The number of alkyl halides is 1. The third kappa shape index (κ3) is 3.58. The Morgan fingerprint density at radius 3 is 2.08 bits per heavy atom. The molecule has 0 aliphatic heterocycles. The fraction of sp³-hybridized carbons (Fsp3) is 0.250. The van der Waals surface area contributed by atoms with Crippen molar-refractivity contribution >= 4 is 9.08 Å². The van der Waals surface area contributed by atoms with Gasteiger partial charge in [-0.3, -0.25) is 0 Å². The van der Waals surface area contributed by atoms with Crippen LogP contribution >= 0.6 is 0 Å². The van der Waals surface area contributed by atoms with Gasteiger partial charge < -0.3 is 0 Å². The van der Waals surface area contributed by atoms with Crippen molar-refractivity contribution in [3.8, 4) is 0 Å². The molecule has 0 aliphatic rings. The lowest BCUT2D eigenvalue weighted by atomic mass is 10.1. The van der Waals surface area contributed by atoms with Gasteiger partial charge >= 0.3 is 9.08 Å². The van der Waals surface area contributed by atoms with E-state index in [1.807, 2.05) is 0 Å². The molecule has 0 heterocycles. The molecule has 1 unspecified atom stereocenters. The number of rotatable bonds is 3. The summed E-state index contributed by atoms with van der Waals surface area (Å²) in [5.74, 6) is 0. The molecule has 0 amide bonds. The molecule has 1 aromatic rings. The van der Waals surface area contributed by atoms with E-state index in [2.05, 4.69) is 0 Å². The van der Waals surface area contributed by atoms with Gasteiger partial charge in [0.05, 0.1) is 6.04 Å². The molecule has 0 saturated heterocycles. The van der Waals surface area contributed by atoms with Gasteiger partial charge in [0, 0.05) is 0 Å². The first-order chi connectivity index (χ1) is 5.99. The van der Waals surface area contributed by atoms with Crippen LogP contribution in [0.5, 0.6) is 0 Å². The zero-order chi connectivity index (χ0) is 9.90. The molecule has 13 heavy (non-hydrogen) atoms. The summed E-state index contributed by atoms with van der Waals surface area (Å²) >= 11 is 0. The van der Waals surface area contributed by atoms with Crippen LogP contribution in [0, 0.1) is 0 Å². The number of hydrogen-bond donors (Lipinski definition) is 0. The molecule has 0 bridgehead atoms. The second-order valence-corrected chi connectivity index (χ2v) is 4.34. The van der Waals surface area contributed by atoms with E-state index >= 15 is 0 Å². The molecule has 0 saturated carbocycles. The number of halogens is 4. The first-order valence-corrected chi connectivity index (χ1v) is 5.59. The van der Waals surface area contributed by atoms with Crippen molar-refractivity contribution in [3.63, 3.8) is 0 Å². The van der Waals surface area contributed by atoms with E-state index in [1.54, 1.807) is 6.07 Å². The highest BCUT2D eigenvalue weighted by molar-refractivity contribution is 6.58. The maximum Gasteiger partial charge on any atom is 0.619 e. The highest BCUT2D eigenvalue weighted by atomic mass is 28.5. The van der Waals surface area contributed by atoms with Crippen LogP contribution in [0.3, 0.4) is 0 Å². The van der Waals surface area contributed by atoms with Gasteiger partial charge in [-0.05, 0) is 5.56 Å². The van der Waals surface area contributed by atoms with Crippen LogP contribution in [0.1, 0.15) is 11.7 Å². The Labute approximate surface area is 74.7 Å². The Bertz CT molecular complexity index is 257. The van der Waals surface area contributed by atoms with Crippen LogP contribution in [-0.2, 0) is 0 Å². The van der Waals surface area contributed by atoms with Gasteiger partial charge in [0.25, 0.3) is 0 Å².